The van der Waals surface area contributed by atoms with Crippen molar-refractivity contribution in [3.8, 4) is 0 Å². The van der Waals surface area contributed by atoms with E-state index in [1.165, 1.54) is 28.7 Å². The molecule has 5 rings (SSSR count). The van der Waals surface area contributed by atoms with Gasteiger partial charge in [-0.15, -0.1) is 0 Å². The van der Waals surface area contributed by atoms with Crippen LogP contribution in [0.15, 0.2) is 63.1 Å². The van der Waals surface area contributed by atoms with E-state index in [0.717, 1.165) is 32.4 Å². The number of thiazole rings is 1. The predicted octanol–water partition coefficient (Wildman–Crippen LogP) is 4.59. The zero-order valence-corrected chi connectivity index (χ0v) is 21.0. The highest BCUT2D eigenvalue weighted by Gasteiger charge is 2.22. The van der Waals surface area contributed by atoms with Gasteiger partial charge < -0.3 is 13.9 Å². The number of thioether (sulfide) groups is 1. The van der Waals surface area contributed by atoms with E-state index < -0.39 is 0 Å². The smallest absolute Gasteiger partial charge is 0.274 e. The molecule has 1 aliphatic rings. The lowest BCUT2D eigenvalue weighted by molar-refractivity contribution is -0.127. The summed E-state index contributed by atoms with van der Waals surface area (Å²) >= 11 is 8.21. The van der Waals surface area contributed by atoms with Crippen molar-refractivity contribution in [1.29, 1.82) is 0 Å². The molecule has 1 fully saturated rings. The van der Waals surface area contributed by atoms with Gasteiger partial charge in [-0.1, -0.05) is 53.4 Å². The molecule has 1 aromatic carbocycles. The molecule has 0 atom stereocenters. The third-order valence-corrected chi connectivity index (χ3v) is 8.27. The molecule has 0 unspecified atom stereocenters. The number of aromatic nitrogens is 3. The van der Waals surface area contributed by atoms with E-state index in [9.17, 15) is 9.59 Å². The maximum Gasteiger partial charge on any atom is 0.274 e. The number of aryl methyl sites for hydroxylation is 2. The number of amides is 1. The zero-order valence-electron chi connectivity index (χ0n) is 18.5. The van der Waals surface area contributed by atoms with E-state index in [1.54, 1.807) is 16.9 Å². The Morgan fingerprint density at radius 3 is 2.65 bits per heavy atom. The van der Waals surface area contributed by atoms with Crippen LogP contribution in [-0.4, -0.2) is 43.8 Å². The second kappa shape index (κ2) is 10.3. The van der Waals surface area contributed by atoms with Crippen LogP contribution >= 0.6 is 35.3 Å². The summed E-state index contributed by atoms with van der Waals surface area (Å²) < 4.78 is 10.2. The van der Waals surface area contributed by atoms with Gasteiger partial charge in [-0.05, 0) is 49.2 Å². The Hall–Kier alpha value is -2.69. The number of carbonyl (C=O) groups is 1. The number of hydrogen-bond acceptors (Lipinski definition) is 7. The van der Waals surface area contributed by atoms with Crippen molar-refractivity contribution in [3.63, 3.8) is 0 Å². The van der Waals surface area contributed by atoms with Crippen LogP contribution < -0.4 is 5.56 Å². The predicted molar refractivity (Wildman–Crippen MR) is 137 cm³/mol. The van der Waals surface area contributed by atoms with Crippen molar-refractivity contribution in [2.24, 2.45) is 0 Å². The van der Waals surface area contributed by atoms with Gasteiger partial charge in [0.1, 0.15) is 10.5 Å². The first-order valence-electron chi connectivity index (χ1n) is 11.2. The number of nitrogens with zero attached hydrogens (tertiary/aromatic N) is 4. The van der Waals surface area contributed by atoms with Crippen molar-refractivity contribution in [1.82, 2.24) is 19.0 Å². The van der Waals surface area contributed by atoms with Crippen LogP contribution in [-0.2, 0) is 24.3 Å². The number of rotatable bonds is 8. The van der Waals surface area contributed by atoms with Crippen molar-refractivity contribution in [3.05, 3.63) is 74.4 Å². The van der Waals surface area contributed by atoms with Gasteiger partial charge in [-0.2, -0.15) is 0 Å². The Balaban J connectivity index is 1.50. The minimum absolute atomic E-state index is 0.0765. The van der Waals surface area contributed by atoms with E-state index in [4.69, 9.17) is 21.6 Å². The molecule has 0 saturated carbocycles. The van der Waals surface area contributed by atoms with Gasteiger partial charge in [-0.25, -0.2) is 4.98 Å². The lowest BCUT2D eigenvalue weighted by Crippen LogP contribution is -2.30. The van der Waals surface area contributed by atoms with Gasteiger partial charge in [0.25, 0.3) is 5.56 Å². The van der Waals surface area contributed by atoms with E-state index in [0.29, 0.717) is 31.8 Å². The highest BCUT2D eigenvalue weighted by atomic mass is 32.2. The summed E-state index contributed by atoms with van der Waals surface area (Å²) in [5, 5.41) is 0.503. The first-order chi connectivity index (χ1) is 16.6. The van der Waals surface area contributed by atoms with Crippen molar-refractivity contribution >= 4 is 51.6 Å². The van der Waals surface area contributed by atoms with Gasteiger partial charge in [-0.3, -0.25) is 14.2 Å². The Bertz CT molecular complexity index is 1400. The summed E-state index contributed by atoms with van der Waals surface area (Å²) in [6, 6.07) is 13.8. The number of hydrogen-bond donors (Lipinski definition) is 0. The second-order valence-corrected chi connectivity index (χ2v) is 10.7. The fourth-order valence-electron chi connectivity index (χ4n) is 4.08. The fraction of sp³-hybridized carbons (Fsp3) is 0.333. The van der Waals surface area contributed by atoms with E-state index in [1.807, 2.05) is 33.7 Å². The average molecular weight is 513 g/mol. The first kappa shape index (κ1) is 23.1. The summed E-state index contributed by atoms with van der Waals surface area (Å²) in [6.45, 7) is 2.49. The topological polar surface area (TPSA) is 73.3 Å². The molecule has 1 saturated heterocycles. The van der Waals surface area contributed by atoms with Gasteiger partial charge in [0.05, 0.1) is 18.6 Å². The van der Waals surface area contributed by atoms with Crippen LogP contribution in [0.5, 0.6) is 0 Å². The molecule has 0 N–H and O–H groups in total. The highest BCUT2D eigenvalue weighted by molar-refractivity contribution is 7.99. The quantitative estimate of drug-likeness (QED) is 0.195. The molecule has 1 amide bonds. The van der Waals surface area contributed by atoms with Crippen LogP contribution in [0.1, 0.15) is 24.2 Å². The van der Waals surface area contributed by atoms with Crippen LogP contribution in [0.3, 0.4) is 0 Å². The number of likely N-dealkylation sites (tertiary alicyclic amines) is 1. The van der Waals surface area contributed by atoms with E-state index in [2.05, 4.69) is 12.1 Å². The third kappa shape index (κ3) is 4.89. The summed E-state index contributed by atoms with van der Waals surface area (Å²) in [5.74, 6) is 0.973. The molecule has 1 aliphatic heterocycles. The van der Waals surface area contributed by atoms with E-state index in [-0.39, 0.29) is 23.8 Å². The zero-order chi connectivity index (χ0) is 23.5. The molecule has 0 aliphatic carbocycles. The Kier molecular flexibility index (Phi) is 6.98. The largest absolute Gasteiger partial charge is 0.467 e. The molecular weight excluding hydrogens is 488 g/mol. The lowest BCUT2D eigenvalue weighted by Gasteiger charge is -2.16. The SMILES string of the molecule is O=C(CSc1nc2c(sc(=S)n2CCc2ccccc2)c(=O)n1Cc1ccco1)N1CCCC1. The van der Waals surface area contributed by atoms with Crippen LogP contribution in [0.2, 0.25) is 0 Å². The summed E-state index contributed by atoms with van der Waals surface area (Å²) in [5.41, 5.74) is 1.62. The summed E-state index contributed by atoms with van der Waals surface area (Å²) in [4.78, 5) is 33.0. The summed E-state index contributed by atoms with van der Waals surface area (Å²) in [6.07, 6.45) is 4.46. The second-order valence-electron chi connectivity index (χ2n) is 8.15. The number of fused-ring (bicyclic) bond motifs is 1. The van der Waals surface area contributed by atoms with Gasteiger partial charge >= 0.3 is 0 Å². The van der Waals surface area contributed by atoms with Gasteiger partial charge in [0.15, 0.2) is 14.8 Å². The molecule has 4 heterocycles. The molecule has 0 radical (unpaired) electrons. The third-order valence-electron chi connectivity index (χ3n) is 5.88. The first-order valence-corrected chi connectivity index (χ1v) is 13.4. The van der Waals surface area contributed by atoms with Crippen molar-refractivity contribution in [2.45, 2.75) is 37.5 Å². The maximum absolute atomic E-state index is 13.5. The normalized spacial score (nSPS) is 13.7. The van der Waals surface area contributed by atoms with Crippen LogP contribution in [0.25, 0.3) is 10.3 Å². The lowest BCUT2D eigenvalue weighted by atomic mass is 10.1. The number of carbonyl (C=O) groups excluding carboxylic acids is 1. The van der Waals surface area contributed by atoms with Gasteiger partial charge in [0, 0.05) is 19.6 Å². The van der Waals surface area contributed by atoms with Crippen LogP contribution in [0, 0.1) is 3.95 Å². The molecular formula is C24H24N4O3S3. The van der Waals surface area contributed by atoms with Gasteiger partial charge in [0.2, 0.25) is 5.91 Å². The van der Waals surface area contributed by atoms with E-state index >= 15 is 0 Å². The Labute approximate surface area is 210 Å². The highest BCUT2D eigenvalue weighted by Crippen LogP contribution is 2.25. The van der Waals surface area contributed by atoms with Crippen molar-refractivity contribution in [2.75, 3.05) is 18.8 Å². The minimum Gasteiger partial charge on any atom is -0.467 e. The standard InChI is InChI=1S/C24H24N4O3S3/c29-19(26-11-4-5-12-26)16-33-23-25-21-20(22(30)28(23)15-18-9-6-14-31-18)34-24(32)27(21)13-10-17-7-2-1-3-8-17/h1-3,6-9,14H,4-5,10-13,15-16H2. The average Bonchev–Trinajstić information content (AvgIpc) is 3.61. The Morgan fingerprint density at radius 2 is 1.91 bits per heavy atom. The van der Waals surface area contributed by atoms with Crippen molar-refractivity contribution < 1.29 is 9.21 Å². The Morgan fingerprint density at radius 1 is 1.12 bits per heavy atom. The maximum atomic E-state index is 13.5. The van der Waals surface area contributed by atoms with Crippen LogP contribution in [0.4, 0.5) is 0 Å². The minimum atomic E-state index is -0.160. The molecule has 7 nitrogen and oxygen atoms in total. The molecule has 0 spiro atoms. The molecule has 34 heavy (non-hydrogen) atoms. The molecule has 176 valence electrons. The molecule has 10 heteroatoms. The monoisotopic (exact) mass is 512 g/mol. The summed E-state index contributed by atoms with van der Waals surface area (Å²) in [7, 11) is 0. The number of benzene rings is 1. The number of furan rings is 1. The molecule has 4 aromatic rings. The fourth-order valence-corrected chi connectivity index (χ4v) is 6.31. The molecule has 3 aromatic heterocycles. The molecule has 0 bridgehead atoms.